The maximum Gasteiger partial charge on any atom is 0.288 e. The second kappa shape index (κ2) is 5.77. The van der Waals surface area contributed by atoms with Crippen LogP contribution in [0, 0.1) is 17.0 Å². The molecule has 0 aliphatic heterocycles. The van der Waals surface area contributed by atoms with E-state index in [0.29, 0.717) is 6.54 Å². The molecule has 0 spiro atoms. The standard InChI is InChI=1S/C12H10Cl2N2O2S/c1-7-4-11(16(17)18)9(13)5-10(7)15-6-8-2-3-12(14)19-8/h2-5,15H,6H2,1H3. The fraction of sp³-hybridized carbons (Fsp3) is 0.167. The van der Waals surface area contributed by atoms with Crippen molar-refractivity contribution in [1.29, 1.82) is 0 Å². The molecule has 1 heterocycles. The minimum absolute atomic E-state index is 0.0797. The van der Waals surface area contributed by atoms with Gasteiger partial charge in [0.05, 0.1) is 9.26 Å². The van der Waals surface area contributed by atoms with Crippen LogP contribution in [0.5, 0.6) is 0 Å². The summed E-state index contributed by atoms with van der Waals surface area (Å²) in [5.74, 6) is 0. The summed E-state index contributed by atoms with van der Waals surface area (Å²) in [4.78, 5) is 11.3. The van der Waals surface area contributed by atoms with E-state index < -0.39 is 4.92 Å². The van der Waals surface area contributed by atoms with Crippen LogP contribution in [0.15, 0.2) is 24.3 Å². The summed E-state index contributed by atoms with van der Waals surface area (Å²) in [5.41, 5.74) is 1.47. The van der Waals surface area contributed by atoms with E-state index in [1.54, 1.807) is 13.0 Å². The van der Waals surface area contributed by atoms with Crippen molar-refractivity contribution in [3.63, 3.8) is 0 Å². The van der Waals surface area contributed by atoms with Crippen LogP contribution in [-0.2, 0) is 6.54 Å². The highest BCUT2D eigenvalue weighted by atomic mass is 35.5. The number of aryl methyl sites for hydroxylation is 1. The number of nitrogens with one attached hydrogen (secondary N) is 1. The SMILES string of the molecule is Cc1cc([N+](=O)[O-])c(Cl)cc1NCc1ccc(Cl)s1. The van der Waals surface area contributed by atoms with Crippen LogP contribution >= 0.6 is 34.5 Å². The van der Waals surface area contributed by atoms with E-state index in [1.165, 1.54) is 17.4 Å². The number of anilines is 1. The number of hydrogen-bond acceptors (Lipinski definition) is 4. The Bertz CT molecular complexity index is 628. The monoisotopic (exact) mass is 316 g/mol. The molecular formula is C12H10Cl2N2O2S. The molecule has 4 nitrogen and oxygen atoms in total. The third kappa shape index (κ3) is 3.37. The summed E-state index contributed by atoms with van der Waals surface area (Å²) >= 11 is 13.2. The molecule has 0 fully saturated rings. The molecule has 2 rings (SSSR count). The number of thiophene rings is 1. The van der Waals surface area contributed by atoms with Crippen LogP contribution in [0.3, 0.4) is 0 Å². The van der Waals surface area contributed by atoms with E-state index in [0.717, 1.165) is 20.5 Å². The third-order valence-electron chi connectivity index (χ3n) is 2.57. The molecule has 1 N–H and O–H groups in total. The van der Waals surface area contributed by atoms with Crippen LogP contribution < -0.4 is 5.32 Å². The second-order valence-electron chi connectivity index (χ2n) is 3.94. The van der Waals surface area contributed by atoms with Gasteiger partial charge in [0.15, 0.2) is 0 Å². The fourth-order valence-corrected chi connectivity index (χ4v) is 2.89. The van der Waals surface area contributed by atoms with Crippen LogP contribution in [-0.4, -0.2) is 4.92 Å². The zero-order chi connectivity index (χ0) is 14.0. The van der Waals surface area contributed by atoms with E-state index >= 15 is 0 Å². The first-order valence-electron chi connectivity index (χ1n) is 5.40. The number of halogens is 2. The molecule has 0 radical (unpaired) electrons. The molecule has 7 heteroatoms. The quantitative estimate of drug-likeness (QED) is 0.645. The lowest BCUT2D eigenvalue weighted by Crippen LogP contribution is -2.00. The Kier molecular flexibility index (Phi) is 4.29. The molecule has 0 aliphatic rings. The molecule has 0 saturated heterocycles. The van der Waals surface area contributed by atoms with Gasteiger partial charge in [0.1, 0.15) is 5.02 Å². The number of hydrogen-bond donors (Lipinski definition) is 1. The fourth-order valence-electron chi connectivity index (χ4n) is 1.63. The van der Waals surface area contributed by atoms with E-state index in [2.05, 4.69) is 5.32 Å². The second-order valence-corrected chi connectivity index (χ2v) is 6.14. The van der Waals surface area contributed by atoms with Crippen molar-refractivity contribution in [3.05, 3.63) is 54.2 Å². The summed E-state index contributed by atoms with van der Waals surface area (Å²) < 4.78 is 0.732. The molecule has 19 heavy (non-hydrogen) atoms. The maximum atomic E-state index is 10.8. The van der Waals surface area contributed by atoms with E-state index in [1.807, 2.05) is 12.1 Å². The molecule has 0 saturated carbocycles. The summed E-state index contributed by atoms with van der Waals surface area (Å²) in [6, 6.07) is 6.80. The van der Waals surface area contributed by atoms with Crippen LogP contribution in [0.4, 0.5) is 11.4 Å². The Balaban J connectivity index is 2.17. The molecule has 0 bridgehead atoms. The number of rotatable bonds is 4. The smallest absolute Gasteiger partial charge is 0.288 e. The van der Waals surface area contributed by atoms with Gasteiger partial charge in [0.25, 0.3) is 5.69 Å². The number of benzene rings is 1. The first-order valence-corrected chi connectivity index (χ1v) is 6.97. The highest BCUT2D eigenvalue weighted by molar-refractivity contribution is 7.16. The molecule has 0 unspecified atom stereocenters. The zero-order valence-electron chi connectivity index (χ0n) is 9.94. The van der Waals surface area contributed by atoms with Crippen molar-refractivity contribution in [3.8, 4) is 0 Å². The van der Waals surface area contributed by atoms with Gasteiger partial charge in [-0.25, -0.2) is 0 Å². The van der Waals surface area contributed by atoms with E-state index in [4.69, 9.17) is 23.2 Å². The van der Waals surface area contributed by atoms with Crippen molar-refractivity contribution in [1.82, 2.24) is 0 Å². The largest absolute Gasteiger partial charge is 0.380 e. The van der Waals surface area contributed by atoms with Gasteiger partial charge in [-0.05, 0) is 30.7 Å². The number of nitrogens with zero attached hydrogens (tertiary/aromatic N) is 1. The maximum absolute atomic E-state index is 10.8. The van der Waals surface area contributed by atoms with Crippen molar-refractivity contribution in [2.45, 2.75) is 13.5 Å². The Hall–Kier alpha value is -1.30. The van der Waals surface area contributed by atoms with Gasteiger partial charge < -0.3 is 5.32 Å². The normalized spacial score (nSPS) is 10.5. The Morgan fingerprint density at radius 3 is 2.68 bits per heavy atom. The van der Waals surface area contributed by atoms with E-state index in [-0.39, 0.29) is 10.7 Å². The molecule has 0 aliphatic carbocycles. The van der Waals surface area contributed by atoms with E-state index in [9.17, 15) is 10.1 Å². The highest BCUT2D eigenvalue weighted by Crippen LogP contribution is 2.31. The van der Waals surface area contributed by atoms with Crippen molar-refractivity contribution in [2.75, 3.05) is 5.32 Å². The number of nitro groups is 1. The van der Waals surface area contributed by atoms with Gasteiger partial charge in [-0.1, -0.05) is 23.2 Å². The summed E-state index contributed by atoms with van der Waals surface area (Å²) in [7, 11) is 0. The average Bonchev–Trinajstić information content (AvgIpc) is 2.75. The molecule has 100 valence electrons. The zero-order valence-corrected chi connectivity index (χ0v) is 12.3. The highest BCUT2D eigenvalue weighted by Gasteiger charge is 2.14. The lowest BCUT2D eigenvalue weighted by Gasteiger charge is -2.09. The van der Waals surface area contributed by atoms with Gasteiger partial charge in [-0.3, -0.25) is 10.1 Å². The van der Waals surface area contributed by atoms with Crippen LogP contribution in [0.1, 0.15) is 10.4 Å². The van der Waals surface area contributed by atoms with Crippen LogP contribution in [0.25, 0.3) is 0 Å². The third-order valence-corrected chi connectivity index (χ3v) is 4.11. The number of nitro benzene ring substituents is 1. The summed E-state index contributed by atoms with van der Waals surface area (Å²) in [6.45, 7) is 2.40. The Labute approximate surface area is 124 Å². The summed E-state index contributed by atoms with van der Waals surface area (Å²) in [5, 5.41) is 14.1. The Morgan fingerprint density at radius 1 is 1.37 bits per heavy atom. The van der Waals surface area contributed by atoms with Gasteiger partial charge in [0.2, 0.25) is 0 Å². The lowest BCUT2D eigenvalue weighted by atomic mass is 10.1. The van der Waals surface area contributed by atoms with Gasteiger partial charge >= 0.3 is 0 Å². The van der Waals surface area contributed by atoms with Crippen molar-refractivity contribution in [2.24, 2.45) is 0 Å². The van der Waals surface area contributed by atoms with Gasteiger partial charge in [-0.2, -0.15) is 0 Å². The van der Waals surface area contributed by atoms with Crippen molar-refractivity contribution >= 4 is 45.9 Å². The molecular weight excluding hydrogens is 307 g/mol. The van der Waals surface area contributed by atoms with Gasteiger partial charge in [0, 0.05) is 23.2 Å². The average molecular weight is 317 g/mol. The predicted molar refractivity (Wildman–Crippen MR) is 79.5 cm³/mol. The molecule has 0 amide bonds. The van der Waals surface area contributed by atoms with Gasteiger partial charge in [-0.15, -0.1) is 11.3 Å². The first-order chi connectivity index (χ1) is 8.97. The molecule has 0 atom stereocenters. The predicted octanol–water partition coefficient (Wildman–Crippen LogP) is 4.88. The minimum Gasteiger partial charge on any atom is -0.380 e. The molecule has 1 aromatic heterocycles. The lowest BCUT2D eigenvalue weighted by molar-refractivity contribution is -0.384. The van der Waals surface area contributed by atoms with Crippen molar-refractivity contribution < 1.29 is 4.92 Å². The molecule has 2 aromatic rings. The molecule has 1 aromatic carbocycles. The summed E-state index contributed by atoms with van der Waals surface area (Å²) in [6.07, 6.45) is 0. The Morgan fingerprint density at radius 2 is 2.11 bits per heavy atom. The van der Waals surface area contributed by atoms with Crippen LogP contribution in [0.2, 0.25) is 9.36 Å². The minimum atomic E-state index is -0.488. The first kappa shape index (κ1) is 14.1. The topological polar surface area (TPSA) is 55.2 Å².